The predicted molar refractivity (Wildman–Crippen MR) is 66.2 cm³/mol. The van der Waals surface area contributed by atoms with Gasteiger partial charge in [0.1, 0.15) is 5.82 Å². The molecule has 0 radical (unpaired) electrons. The highest BCUT2D eigenvalue weighted by Crippen LogP contribution is 2.15. The predicted octanol–water partition coefficient (Wildman–Crippen LogP) is 2.69. The fourth-order valence-corrected chi connectivity index (χ4v) is 1.47. The number of carbonyl (C=O) groups is 1. The van der Waals surface area contributed by atoms with Crippen molar-refractivity contribution in [3.8, 4) is 0 Å². The Morgan fingerprint density at radius 2 is 2.00 bits per heavy atom. The van der Waals surface area contributed by atoms with Crippen molar-refractivity contribution < 1.29 is 4.79 Å². The summed E-state index contributed by atoms with van der Waals surface area (Å²) in [5.74, 6) is 0.372. The van der Waals surface area contributed by atoms with Gasteiger partial charge in [0, 0.05) is 23.1 Å². The summed E-state index contributed by atoms with van der Waals surface area (Å²) in [5, 5.41) is 3.29. The van der Waals surface area contributed by atoms with Gasteiger partial charge in [0.15, 0.2) is 0 Å². The van der Waals surface area contributed by atoms with E-state index in [-0.39, 0.29) is 5.91 Å². The van der Waals surface area contributed by atoms with E-state index in [1.807, 2.05) is 0 Å². The molecule has 0 fully saturated rings. The van der Waals surface area contributed by atoms with Crippen LogP contribution in [0.3, 0.4) is 0 Å². The first-order valence-electron chi connectivity index (χ1n) is 5.01. The van der Waals surface area contributed by atoms with Crippen LogP contribution < -0.4 is 5.32 Å². The number of benzene rings is 1. The molecule has 0 aliphatic heterocycles. The Balaban J connectivity index is 2.14. The summed E-state index contributed by atoms with van der Waals surface area (Å²) in [6.45, 7) is 1.76. The lowest BCUT2D eigenvalue weighted by molar-refractivity contribution is 0.102. The van der Waals surface area contributed by atoms with Crippen LogP contribution in [0.2, 0.25) is 5.02 Å². The van der Waals surface area contributed by atoms with Crippen molar-refractivity contribution >= 4 is 23.2 Å². The Labute approximate surface area is 104 Å². The van der Waals surface area contributed by atoms with Gasteiger partial charge in [-0.3, -0.25) is 4.79 Å². The highest BCUT2D eigenvalue weighted by atomic mass is 35.5. The lowest BCUT2D eigenvalue weighted by Gasteiger charge is -2.04. The molecular formula is C12H10ClN3O. The molecular weight excluding hydrogens is 238 g/mol. The number of hydrogen-bond acceptors (Lipinski definition) is 3. The van der Waals surface area contributed by atoms with E-state index < -0.39 is 0 Å². The van der Waals surface area contributed by atoms with E-state index in [0.717, 1.165) is 0 Å². The molecule has 0 aliphatic carbocycles. The summed E-state index contributed by atoms with van der Waals surface area (Å²) in [5.41, 5.74) is 1.05. The minimum Gasteiger partial charge on any atom is -0.322 e. The van der Waals surface area contributed by atoms with Crippen LogP contribution in [0.25, 0.3) is 0 Å². The summed E-state index contributed by atoms with van der Waals surface area (Å²) >= 11 is 5.82. The Bertz CT molecular complexity index is 540. The van der Waals surface area contributed by atoms with Gasteiger partial charge in [-0.25, -0.2) is 9.97 Å². The van der Waals surface area contributed by atoms with Gasteiger partial charge in [-0.05, 0) is 25.1 Å². The summed E-state index contributed by atoms with van der Waals surface area (Å²) in [6.07, 6.45) is 2.98. The van der Waals surface area contributed by atoms with Crippen LogP contribution in [-0.4, -0.2) is 15.9 Å². The molecule has 0 aliphatic rings. The lowest BCUT2D eigenvalue weighted by Crippen LogP contribution is -2.12. The van der Waals surface area contributed by atoms with Crippen LogP contribution in [0.1, 0.15) is 16.2 Å². The SMILES string of the molecule is Cc1ncc(C(=O)Nc2cccc(Cl)c2)cn1. The molecule has 5 heteroatoms. The van der Waals surface area contributed by atoms with E-state index in [2.05, 4.69) is 15.3 Å². The zero-order valence-corrected chi connectivity index (χ0v) is 9.90. The first-order chi connectivity index (χ1) is 8.15. The summed E-state index contributed by atoms with van der Waals surface area (Å²) in [7, 11) is 0. The van der Waals surface area contributed by atoms with Crippen LogP contribution in [0.5, 0.6) is 0 Å². The maximum absolute atomic E-state index is 11.8. The molecule has 0 saturated carbocycles. The van der Waals surface area contributed by atoms with E-state index >= 15 is 0 Å². The number of nitrogens with zero attached hydrogens (tertiary/aromatic N) is 2. The Kier molecular flexibility index (Phi) is 3.35. The molecule has 0 spiro atoms. The van der Waals surface area contributed by atoms with Crippen molar-refractivity contribution in [2.24, 2.45) is 0 Å². The van der Waals surface area contributed by atoms with E-state index in [1.54, 1.807) is 31.2 Å². The van der Waals surface area contributed by atoms with Crippen molar-refractivity contribution in [2.45, 2.75) is 6.92 Å². The lowest BCUT2D eigenvalue weighted by atomic mass is 10.3. The van der Waals surface area contributed by atoms with Crippen molar-refractivity contribution in [3.63, 3.8) is 0 Å². The second-order valence-corrected chi connectivity index (χ2v) is 3.92. The summed E-state index contributed by atoms with van der Waals surface area (Å²) in [4.78, 5) is 19.7. The number of carbonyl (C=O) groups excluding carboxylic acids is 1. The van der Waals surface area contributed by atoms with Gasteiger partial charge in [0.05, 0.1) is 5.56 Å². The molecule has 0 saturated heterocycles. The molecule has 0 bridgehead atoms. The van der Waals surface area contributed by atoms with Gasteiger partial charge in [-0.1, -0.05) is 17.7 Å². The third kappa shape index (κ3) is 3.01. The quantitative estimate of drug-likeness (QED) is 0.888. The second kappa shape index (κ2) is 4.93. The van der Waals surface area contributed by atoms with Crippen LogP contribution in [0.15, 0.2) is 36.7 Å². The molecule has 0 unspecified atom stereocenters. The third-order valence-corrected chi connectivity index (χ3v) is 2.36. The zero-order valence-electron chi connectivity index (χ0n) is 9.14. The van der Waals surface area contributed by atoms with Gasteiger partial charge in [-0.15, -0.1) is 0 Å². The Morgan fingerprint density at radius 1 is 1.29 bits per heavy atom. The zero-order chi connectivity index (χ0) is 12.3. The van der Waals surface area contributed by atoms with Crippen molar-refractivity contribution in [1.82, 2.24) is 9.97 Å². The molecule has 1 amide bonds. The Hall–Kier alpha value is -1.94. The molecule has 1 N–H and O–H groups in total. The van der Waals surface area contributed by atoms with Crippen LogP contribution in [0.4, 0.5) is 5.69 Å². The molecule has 86 valence electrons. The standard InChI is InChI=1S/C12H10ClN3O/c1-8-14-6-9(7-15-8)12(17)16-11-4-2-3-10(13)5-11/h2-7H,1H3,(H,16,17). The van der Waals surface area contributed by atoms with Crippen LogP contribution in [-0.2, 0) is 0 Å². The van der Waals surface area contributed by atoms with E-state index in [0.29, 0.717) is 22.1 Å². The number of amides is 1. The minimum absolute atomic E-state index is 0.257. The van der Waals surface area contributed by atoms with Gasteiger partial charge in [0.2, 0.25) is 0 Å². The van der Waals surface area contributed by atoms with E-state index in [1.165, 1.54) is 12.4 Å². The number of hydrogen-bond donors (Lipinski definition) is 1. The largest absolute Gasteiger partial charge is 0.322 e. The number of aromatic nitrogens is 2. The molecule has 1 aromatic heterocycles. The second-order valence-electron chi connectivity index (χ2n) is 3.48. The average molecular weight is 248 g/mol. The fraction of sp³-hybridized carbons (Fsp3) is 0.0833. The highest BCUT2D eigenvalue weighted by Gasteiger charge is 2.06. The number of rotatable bonds is 2. The molecule has 1 heterocycles. The summed E-state index contributed by atoms with van der Waals surface area (Å²) < 4.78 is 0. The number of halogens is 1. The third-order valence-electron chi connectivity index (χ3n) is 2.13. The monoisotopic (exact) mass is 247 g/mol. The normalized spacial score (nSPS) is 10.0. The molecule has 4 nitrogen and oxygen atoms in total. The number of aryl methyl sites for hydroxylation is 1. The fourth-order valence-electron chi connectivity index (χ4n) is 1.28. The first kappa shape index (κ1) is 11.5. The molecule has 2 rings (SSSR count). The smallest absolute Gasteiger partial charge is 0.258 e. The van der Waals surface area contributed by atoms with Gasteiger partial charge >= 0.3 is 0 Å². The van der Waals surface area contributed by atoms with Crippen molar-refractivity contribution in [3.05, 3.63) is 53.1 Å². The number of nitrogens with one attached hydrogen (secondary N) is 1. The first-order valence-corrected chi connectivity index (χ1v) is 5.38. The van der Waals surface area contributed by atoms with Crippen LogP contribution >= 0.6 is 11.6 Å². The Morgan fingerprint density at radius 3 is 2.65 bits per heavy atom. The van der Waals surface area contributed by atoms with Gasteiger partial charge in [-0.2, -0.15) is 0 Å². The molecule has 0 atom stereocenters. The maximum Gasteiger partial charge on any atom is 0.258 e. The minimum atomic E-state index is -0.257. The molecule has 2 aromatic rings. The van der Waals surface area contributed by atoms with Gasteiger partial charge < -0.3 is 5.32 Å². The number of anilines is 1. The highest BCUT2D eigenvalue weighted by molar-refractivity contribution is 6.30. The summed E-state index contributed by atoms with van der Waals surface area (Å²) in [6, 6.07) is 6.95. The maximum atomic E-state index is 11.8. The van der Waals surface area contributed by atoms with Crippen molar-refractivity contribution in [1.29, 1.82) is 0 Å². The molecule has 17 heavy (non-hydrogen) atoms. The van der Waals surface area contributed by atoms with E-state index in [4.69, 9.17) is 11.6 Å². The average Bonchev–Trinajstić information content (AvgIpc) is 2.29. The topological polar surface area (TPSA) is 54.9 Å². The van der Waals surface area contributed by atoms with E-state index in [9.17, 15) is 4.79 Å². The van der Waals surface area contributed by atoms with Crippen molar-refractivity contribution in [2.75, 3.05) is 5.32 Å². The van der Waals surface area contributed by atoms with Crippen LogP contribution in [0, 0.1) is 6.92 Å². The van der Waals surface area contributed by atoms with Gasteiger partial charge in [0.25, 0.3) is 5.91 Å². The molecule has 1 aromatic carbocycles.